The molecule has 0 bridgehead atoms. The molecular formula is C17H20N4O3. The minimum absolute atomic E-state index is 0.000153. The highest BCUT2D eigenvalue weighted by Crippen LogP contribution is 2.22. The van der Waals surface area contributed by atoms with Crippen LogP contribution in [0.4, 0.5) is 0 Å². The number of aliphatic carboxylic acids is 1. The molecule has 1 fully saturated rings. The van der Waals surface area contributed by atoms with Crippen LogP contribution in [0.5, 0.6) is 0 Å². The molecule has 24 heavy (non-hydrogen) atoms. The Labute approximate surface area is 139 Å². The number of carboxylic acid groups (broad SMARTS) is 1. The number of carbonyl (C=O) groups excluding carboxylic acids is 1. The fourth-order valence-electron chi connectivity index (χ4n) is 3.09. The van der Waals surface area contributed by atoms with Gasteiger partial charge in [-0.05, 0) is 49.4 Å². The minimum atomic E-state index is -0.776. The van der Waals surface area contributed by atoms with Crippen molar-refractivity contribution in [3.63, 3.8) is 0 Å². The molecule has 7 nitrogen and oxygen atoms in total. The van der Waals surface area contributed by atoms with Crippen molar-refractivity contribution < 1.29 is 14.7 Å². The van der Waals surface area contributed by atoms with Crippen LogP contribution < -0.4 is 0 Å². The number of benzene rings is 1. The SMILES string of the molecule is O=C(O)CCC1CCCN(C(=O)c2ccc(-n3cncn3)cc2)C1. The molecule has 1 aliphatic heterocycles. The average molecular weight is 328 g/mol. The van der Waals surface area contributed by atoms with Crippen molar-refractivity contribution >= 4 is 11.9 Å². The van der Waals surface area contributed by atoms with Crippen LogP contribution in [0.1, 0.15) is 36.0 Å². The van der Waals surface area contributed by atoms with Crippen LogP contribution in [0.25, 0.3) is 5.69 Å². The molecule has 3 rings (SSSR count). The zero-order valence-electron chi connectivity index (χ0n) is 13.3. The minimum Gasteiger partial charge on any atom is -0.481 e. The molecule has 2 aromatic rings. The lowest BCUT2D eigenvalue weighted by Crippen LogP contribution is -2.40. The number of amides is 1. The van der Waals surface area contributed by atoms with Gasteiger partial charge in [0.05, 0.1) is 5.69 Å². The van der Waals surface area contributed by atoms with Crippen molar-refractivity contribution in [3.05, 3.63) is 42.5 Å². The number of aromatic nitrogens is 3. The van der Waals surface area contributed by atoms with Gasteiger partial charge in [0.25, 0.3) is 5.91 Å². The first-order valence-corrected chi connectivity index (χ1v) is 8.09. The molecule has 1 N–H and O–H groups in total. The van der Waals surface area contributed by atoms with Crippen molar-refractivity contribution in [2.45, 2.75) is 25.7 Å². The van der Waals surface area contributed by atoms with Crippen molar-refractivity contribution in [1.29, 1.82) is 0 Å². The van der Waals surface area contributed by atoms with Crippen LogP contribution in [0.2, 0.25) is 0 Å². The lowest BCUT2D eigenvalue weighted by atomic mass is 9.93. The molecule has 0 aliphatic carbocycles. The van der Waals surface area contributed by atoms with Gasteiger partial charge in [-0.1, -0.05) is 0 Å². The van der Waals surface area contributed by atoms with Crippen LogP contribution in [0, 0.1) is 5.92 Å². The Hall–Kier alpha value is -2.70. The summed E-state index contributed by atoms with van der Waals surface area (Å²) in [5.41, 5.74) is 1.49. The van der Waals surface area contributed by atoms with Gasteiger partial charge in [0.15, 0.2) is 0 Å². The summed E-state index contributed by atoms with van der Waals surface area (Å²) in [5, 5.41) is 12.9. The maximum Gasteiger partial charge on any atom is 0.303 e. The smallest absolute Gasteiger partial charge is 0.303 e. The number of piperidine rings is 1. The van der Waals surface area contributed by atoms with E-state index in [1.807, 2.05) is 17.0 Å². The second kappa shape index (κ2) is 7.25. The summed E-state index contributed by atoms with van der Waals surface area (Å²) in [6.07, 6.45) is 5.78. The van der Waals surface area contributed by atoms with Gasteiger partial charge >= 0.3 is 5.97 Å². The van der Waals surface area contributed by atoms with E-state index in [2.05, 4.69) is 10.1 Å². The van der Waals surface area contributed by atoms with Crippen LogP contribution in [0.3, 0.4) is 0 Å². The number of hydrogen-bond acceptors (Lipinski definition) is 4. The Morgan fingerprint density at radius 3 is 2.71 bits per heavy atom. The van der Waals surface area contributed by atoms with E-state index in [0.29, 0.717) is 18.5 Å². The first-order valence-electron chi connectivity index (χ1n) is 8.09. The van der Waals surface area contributed by atoms with Crippen LogP contribution in [0.15, 0.2) is 36.9 Å². The lowest BCUT2D eigenvalue weighted by Gasteiger charge is -2.32. The molecule has 1 aliphatic rings. The largest absolute Gasteiger partial charge is 0.481 e. The van der Waals surface area contributed by atoms with Crippen molar-refractivity contribution in [2.75, 3.05) is 13.1 Å². The normalized spacial score (nSPS) is 17.7. The van der Waals surface area contributed by atoms with E-state index >= 15 is 0 Å². The molecule has 7 heteroatoms. The molecule has 0 radical (unpaired) electrons. The summed E-state index contributed by atoms with van der Waals surface area (Å²) in [5.74, 6) is -0.504. The quantitative estimate of drug-likeness (QED) is 0.906. The summed E-state index contributed by atoms with van der Waals surface area (Å²) in [4.78, 5) is 29.1. The molecule has 0 saturated carbocycles. The Bertz CT molecular complexity index is 697. The maximum absolute atomic E-state index is 12.7. The summed E-state index contributed by atoms with van der Waals surface area (Å²) < 4.78 is 1.64. The molecule has 1 saturated heterocycles. The van der Waals surface area contributed by atoms with E-state index in [4.69, 9.17) is 5.11 Å². The van der Waals surface area contributed by atoms with E-state index in [9.17, 15) is 9.59 Å². The van der Waals surface area contributed by atoms with E-state index in [1.165, 1.54) is 6.33 Å². The fourth-order valence-corrected chi connectivity index (χ4v) is 3.09. The fraction of sp³-hybridized carbons (Fsp3) is 0.412. The first-order chi connectivity index (χ1) is 11.6. The van der Waals surface area contributed by atoms with Crippen LogP contribution >= 0.6 is 0 Å². The number of likely N-dealkylation sites (tertiary alicyclic amines) is 1. The van der Waals surface area contributed by atoms with E-state index in [0.717, 1.165) is 25.1 Å². The number of rotatable bonds is 5. The molecule has 1 unspecified atom stereocenters. The molecule has 0 spiro atoms. The monoisotopic (exact) mass is 328 g/mol. The second-order valence-electron chi connectivity index (χ2n) is 6.08. The Morgan fingerprint density at radius 2 is 2.04 bits per heavy atom. The first kappa shape index (κ1) is 16.2. The van der Waals surface area contributed by atoms with Crippen molar-refractivity contribution in [1.82, 2.24) is 19.7 Å². The van der Waals surface area contributed by atoms with Gasteiger partial charge in [0.1, 0.15) is 12.7 Å². The summed E-state index contributed by atoms with van der Waals surface area (Å²) in [6.45, 7) is 1.37. The average Bonchev–Trinajstić information content (AvgIpc) is 3.14. The molecular weight excluding hydrogens is 308 g/mol. The van der Waals surface area contributed by atoms with E-state index in [-0.39, 0.29) is 18.2 Å². The highest BCUT2D eigenvalue weighted by Gasteiger charge is 2.24. The Balaban J connectivity index is 1.64. The summed E-state index contributed by atoms with van der Waals surface area (Å²) in [6, 6.07) is 7.27. The number of carboxylic acids is 1. The van der Waals surface area contributed by atoms with Crippen molar-refractivity contribution in [3.8, 4) is 5.69 Å². The van der Waals surface area contributed by atoms with Gasteiger partial charge in [0, 0.05) is 25.1 Å². The third kappa shape index (κ3) is 3.79. The third-order valence-corrected chi connectivity index (χ3v) is 4.37. The third-order valence-electron chi connectivity index (χ3n) is 4.37. The number of hydrogen-bond donors (Lipinski definition) is 1. The molecule has 1 aromatic heterocycles. The topological polar surface area (TPSA) is 88.3 Å². The molecule has 126 valence electrons. The standard InChI is InChI=1S/C17H20N4O3/c22-16(23)8-3-13-2-1-9-20(10-13)17(24)14-4-6-15(7-5-14)21-12-18-11-19-21/h4-7,11-13H,1-3,8-10H2,(H,22,23). The Morgan fingerprint density at radius 1 is 1.25 bits per heavy atom. The predicted octanol–water partition coefficient (Wildman–Crippen LogP) is 1.98. The lowest BCUT2D eigenvalue weighted by molar-refractivity contribution is -0.137. The summed E-state index contributed by atoms with van der Waals surface area (Å²) in [7, 11) is 0. The molecule has 1 atom stereocenters. The van der Waals surface area contributed by atoms with Gasteiger partial charge in [-0.25, -0.2) is 9.67 Å². The molecule has 2 heterocycles. The molecule has 1 amide bonds. The number of carbonyl (C=O) groups is 2. The van der Waals surface area contributed by atoms with Gasteiger partial charge in [-0.3, -0.25) is 9.59 Å². The zero-order chi connectivity index (χ0) is 16.9. The summed E-state index contributed by atoms with van der Waals surface area (Å²) >= 11 is 0. The number of nitrogens with zero attached hydrogens (tertiary/aromatic N) is 4. The van der Waals surface area contributed by atoms with Crippen LogP contribution in [-0.2, 0) is 4.79 Å². The van der Waals surface area contributed by atoms with E-state index in [1.54, 1.807) is 23.1 Å². The zero-order valence-corrected chi connectivity index (χ0v) is 13.3. The second-order valence-corrected chi connectivity index (χ2v) is 6.08. The predicted molar refractivity (Wildman–Crippen MR) is 86.9 cm³/mol. The van der Waals surface area contributed by atoms with Gasteiger partial charge in [0.2, 0.25) is 0 Å². The maximum atomic E-state index is 12.7. The highest BCUT2D eigenvalue weighted by atomic mass is 16.4. The molecule has 1 aromatic carbocycles. The van der Waals surface area contributed by atoms with Gasteiger partial charge < -0.3 is 10.0 Å². The van der Waals surface area contributed by atoms with Gasteiger partial charge in [-0.15, -0.1) is 0 Å². The highest BCUT2D eigenvalue weighted by molar-refractivity contribution is 5.94. The van der Waals surface area contributed by atoms with Gasteiger partial charge in [-0.2, -0.15) is 5.10 Å². The van der Waals surface area contributed by atoms with Crippen LogP contribution in [-0.4, -0.2) is 49.7 Å². The Kier molecular flexibility index (Phi) is 4.88. The van der Waals surface area contributed by atoms with E-state index < -0.39 is 5.97 Å². The van der Waals surface area contributed by atoms with Crippen molar-refractivity contribution in [2.24, 2.45) is 5.92 Å².